The summed E-state index contributed by atoms with van der Waals surface area (Å²) in [7, 11) is 0. The van der Waals surface area contributed by atoms with Gasteiger partial charge in [0.15, 0.2) is 0 Å². The summed E-state index contributed by atoms with van der Waals surface area (Å²) in [5.41, 5.74) is 0.732. The second-order valence-corrected chi connectivity index (χ2v) is 4.93. The average Bonchev–Trinajstić information content (AvgIpc) is 2.39. The van der Waals surface area contributed by atoms with Crippen LogP contribution >= 0.6 is 0 Å². The van der Waals surface area contributed by atoms with Gasteiger partial charge in [0.25, 0.3) is 5.91 Å². The lowest BCUT2D eigenvalue weighted by Crippen LogP contribution is -2.37. The summed E-state index contributed by atoms with van der Waals surface area (Å²) in [5, 5.41) is 3.13. The van der Waals surface area contributed by atoms with E-state index in [-0.39, 0.29) is 5.91 Å². The number of pyridine rings is 1. The zero-order valence-electron chi connectivity index (χ0n) is 11.1. The molecule has 98 valence electrons. The monoisotopic (exact) mass is 247 g/mol. The molecule has 1 aromatic heterocycles. The van der Waals surface area contributed by atoms with Crippen LogP contribution in [-0.4, -0.2) is 35.4 Å². The van der Waals surface area contributed by atoms with Crippen LogP contribution in [0.4, 0.5) is 5.82 Å². The Morgan fingerprint density at radius 1 is 1.50 bits per heavy atom. The first-order valence-corrected chi connectivity index (χ1v) is 6.70. The SMILES string of the molecule is CCNc1cc(C(=O)N2CCC(C)CC2)ccn1. The summed E-state index contributed by atoms with van der Waals surface area (Å²) in [5.74, 6) is 1.64. The topological polar surface area (TPSA) is 45.2 Å². The third kappa shape index (κ3) is 3.00. The molecule has 2 rings (SSSR count). The van der Waals surface area contributed by atoms with Crippen molar-refractivity contribution in [3.63, 3.8) is 0 Å². The predicted octanol–water partition coefficient (Wildman–Crippen LogP) is 2.39. The lowest BCUT2D eigenvalue weighted by Gasteiger charge is -2.30. The van der Waals surface area contributed by atoms with Gasteiger partial charge >= 0.3 is 0 Å². The first-order valence-electron chi connectivity index (χ1n) is 6.70. The number of likely N-dealkylation sites (tertiary alicyclic amines) is 1. The number of anilines is 1. The van der Waals surface area contributed by atoms with E-state index in [1.165, 1.54) is 0 Å². The van der Waals surface area contributed by atoms with Gasteiger partial charge in [-0.25, -0.2) is 4.98 Å². The quantitative estimate of drug-likeness (QED) is 0.892. The van der Waals surface area contributed by atoms with Crippen molar-refractivity contribution in [2.75, 3.05) is 25.0 Å². The van der Waals surface area contributed by atoms with Gasteiger partial charge in [0.1, 0.15) is 5.82 Å². The molecule has 1 amide bonds. The Labute approximate surface area is 108 Å². The minimum atomic E-state index is 0.128. The van der Waals surface area contributed by atoms with Gasteiger partial charge in [0.2, 0.25) is 0 Å². The molecule has 0 saturated carbocycles. The molecule has 4 nitrogen and oxygen atoms in total. The van der Waals surface area contributed by atoms with E-state index >= 15 is 0 Å². The Morgan fingerprint density at radius 2 is 2.22 bits per heavy atom. The van der Waals surface area contributed by atoms with Crippen LogP contribution in [0.1, 0.15) is 37.0 Å². The zero-order valence-corrected chi connectivity index (χ0v) is 11.1. The normalized spacial score (nSPS) is 16.7. The van der Waals surface area contributed by atoms with Crippen molar-refractivity contribution in [2.24, 2.45) is 5.92 Å². The first kappa shape index (κ1) is 12.9. The van der Waals surface area contributed by atoms with Gasteiger partial charge in [0, 0.05) is 31.4 Å². The van der Waals surface area contributed by atoms with Crippen molar-refractivity contribution >= 4 is 11.7 Å². The van der Waals surface area contributed by atoms with E-state index in [0.29, 0.717) is 0 Å². The molecule has 1 N–H and O–H groups in total. The maximum Gasteiger partial charge on any atom is 0.254 e. The van der Waals surface area contributed by atoms with Crippen LogP contribution in [0.5, 0.6) is 0 Å². The molecule has 1 aliphatic heterocycles. The van der Waals surface area contributed by atoms with E-state index in [9.17, 15) is 4.79 Å². The van der Waals surface area contributed by atoms with Gasteiger partial charge < -0.3 is 10.2 Å². The van der Waals surface area contributed by atoms with Gasteiger partial charge in [-0.1, -0.05) is 6.92 Å². The van der Waals surface area contributed by atoms with Crippen molar-refractivity contribution in [3.8, 4) is 0 Å². The summed E-state index contributed by atoms with van der Waals surface area (Å²) < 4.78 is 0. The lowest BCUT2D eigenvalue weighted by atomic mass is 9.99. The van der Waals surface area contributed by atoms with Crippen molar-refractivity contribution in [3.05, 3.63) is 23.9 Å². The van der Waals surface area contributed by atoms with Crippen molar-refractivity contribution < 1.29 is 4.79 Å². The maximum atomic E-state index is 12.3. The molecule has 0 bridgehead atoms. The molecule has 0 atom stereocenters. The van der Waals surface area contributed by atoms with Gasteiger partial charge in [-0.15, -0.1) is 0 Å². The molecule has 0 aromatic carbocycles. The van der Waals surface area contributed by atoms with E-state index < -0.39 is 0 Å². The van der Waals surface area contributed by atoms with Crippen LogP contribution in [0.25, 0.3) is 0 Å². The molecule has 1 aliphatic rings. The number of carbonyl (C=O) groups excluding carboxylic acids is 1. The molecule has 2 heterocycles. The zero-order chi connectivity index (χ0) is 13.0. The minimum Gasteiger partial charge on any atom is -0.370 e. The van der Waals surface area contributed by atoms with Crippen molar-refractivity contribution in [1.82, 2.24) is 9.88 Å². The average molecular weight is 247 g/mol. The van der Waals surface area contributed by atoms with Gasteiger partial charge in [0.05, 0.1) is 0 Å². The fraction of sp³-hybridized carbons (Fsp3) is 0.571. The fourth-order valence-electron chi connectivity index (χ4n) is 2.24. The van der Waals surface area contributed by atoms with Crippen LogP contribution in [-0.2, 0) is 0 Å². The second kappa shape index (κ2) is 5.85. The Balaban J connectivity index is 2.06. The molecule has 0 spiro atoms. The highest BCUT2D eigenvalue weighted by molar-refractivity contribution is 5.94. The third-order valence-corrected chi connectivity index (χ3v) is 3.44. The lowest BCUT2D eigenvalue weighted by molar-refractivity contribution is 0.0697. The van der Waals surface area contributed by atoms with Gasteiger partial charge in [-0.05, 0) is 37.8 Å². The summed E-state index contributed by atoms with van der Waals surface area (Å²) >= 11 is 0. The Hall–Kier alpha value is -1.58. The Kier molecular flexibility index (Phi) is 4.18. The van der Waals surface area contributed by atoms with E-state index in [4.69, 9.17) is 0 Å². The molecule has 18 heavy (non-hydrogen) atoms. The number of amides is 1. The molecule has 1 saturated heterocycles. The van der Waals surface area contributed by atoms with Crippen molar-refractivity contribution in [1.29, 1.82) is 0 Å². The predicted molar refractivity (Wildman–Crippen MR) is 72.7 cm³/mol. The van der Waals surface area contributed by atoms with Gasteiger partial charge in [-0.3, -0.25) is 4.79 Å². The highest BCUT2D eigenvalue weighted by atomic mass is 16.2. The van der Waals surface area contributed by atoms with Crippen LogP contribution in [0.2, 0.25) is 0 Å². The third-order valence-electron chi connectivity index (χ3n) is 3.44. The van der Waals surface area contributed by atoms with Crippen LogP contribution in [0, 0.1) is 5.92 Å². The Morgan fingerprint density at radius 3 is 2.89 bits per heavy atom. The van der Waals surface area contributed by atoms with E-state index in [1.807, 2.05) is 17.9 Å². The van der Waals surface area contributed by atoms with E-state index in [1.54, 1.807) is 12.3 Å². The first-order chi connectivity index (χ1) is 8.70. The standard InChI is InChI=1S/C14H21N3O/c1-3-15-13-10-12(4-7-16-13)14(18)17-8-5-11(2)6-9-17/h4,7,10-11H,3,5-6,8-9H2,1-2H3,(H,15,16). The minimum absolute atomic E-state index is 0.128. The summed E-state index contributed by atoms with van der Waals surface area (Å²) in [6.07, 6.45) is 3.91. The maximum absolute atomic E-state index is 12.3. The number of piperidine rings is 1. The van der Waals surface area contributed by atoms with Crippen molar-refractivity contribution in [2.45, 2.75) is 26.7 Å². The highest BCUT2D eigenvalue weighted by Crippen LogP contribution is 2.18. The molecule has 0 radical (unpaired) electrons. The number of nitrogens with one attached hydrogen (secondary N) is 1. The molecule has 0 aliphatic carbocycles. The Bertz CT molecular complexity index is 411. The fourth-order valence-corrected chi connectivity index (χ4v) is 2.24. The number of aromatic nitrogens is 1. The van der Waals surface area contributed by atoms with Gasteiger partial charge in [-0.2, -0.15) is 0 Å². The number of rotatable bonds is 3. The molecular formula is C14H21N3O. The molecule has 4 heteroatoms. The highest BCUT2D eigenvalue weighted by Gasteiger charge is 2.21. The van der Waals surface area contributed by atoms with E-state index in [2.05, 4.69) is 17.2 Å². The molecule has 0 unspecified atom stereocenters. The molecule has 1 fully saturated rings. The number of hydrogen-bond donors (Lipinski definition) is 1. The summed E-state index contributed by atoms with van der Waals surface area (Å²) in [6.45, 7) is 6.82. The number of carbonyl (C=O) groups is 1. The summed E-state index contributed by atoms with van der Waals surface area (Å²) in [4.78, 5) is 18.5. The molecular weight excluding hydrogens is 226 g/mol. The second-order valence-electron chi connectivity index (χ2n) is 4.93. The number of hydrogen-bond acceptors (Lipinski definition) is 3. The largest absolute Gasteiger partial charge is 0.370 e. The van der Waals surface area contributed by atoms with Crippen LogP contribution < -0.4 is 5.32 Å². The number of nitrogens with zero attached hydrogens (tertiary/aromatic N) is 2. The summed E-state index contributed by atoms with van der Waals surface area (Å²) in [6, 6.07) is 3.63. The van der Waals surface area contributed by atoms with Crippen LogP contribution in [0.3, 0.4) is 0 Å². The van der Waals surface area contributed by atoms with E-state index in [0.717, 1.165) is 49.8 Å². The molecule has 1 aromatic rings. The van der Waals surface area contributed by atoms with Crippen LogP contribution in [0.15, 0.2) is 18.3 Å². The smallest absolute Gasteiger partial charge is 0.254 e.